The average Bonchev–Trinajstić information content (AvgIpc) is 3.09. The van der Waals surface area contributed by atoms with Crippen molar-refractivity contribution in [3.8, 4) is 0 Å². The molecule has 2 heterocycles. The molecule has 0 aromatic carbocycles. The smallest absolute Gasteiger partial charge is 0.414 e. The molecule has 1 aromatic rings. The van der Waals surface area contributed by atoms with E-state index in [9.17, 15) is 0 Å². The number of hydrogen-bond donors (Lipinski definition) is 2. The Morgan fingerprint density at radius 2 is 1.84 bits per heavy atom. The van der Waals surface area contributed by atoms with E-state index in [1.54, 1.807) is 6.26 Å². The third-order valence-corrected chi connectivity index (χ3v) is 4.97. The summed E-state index contributed by atoms with van der Waals surface area (Å²) in [6.45, 7) is 8.23. The molecule has 1 aliphatic carbocycles. The van der Waals surface area contributed by atoms with Crippen molar-refractivity contribution in [3.63, 3.8) is 0 Å². The van der Waals surface area contributed by atoms with Crippen LogP contribution in [0.3, 0.4) is 0 Å². The van der Waals surface area contributed by atoms with Crippen molar-refractivity contribution in [3.05, 3.63) is 24.2 Å². The molecule has 0 amide bonds. The molecule has 1 saturated carbocycles. The van der Waals surface area contributed by atoms with Crippen molar-refractivity contribution in [2.75, 3.05) is 26.2 Å². The first-order valence-corrected chi connectivity index (χ1v) is 8.90. The Hall–Kier alpha value is -1.86. The normalized spacial score (nSPS) is 25.0. The van der Waals surface area contributed by atoms with Gasteiger partial charge in [0.15, 0.2) is 0 Å². The highest BCUT2D eigenvalue weighted by Gasteiger charge is 2.27. The number of aliphatic carboxylic acids is 2. The summed E-state index contributed by atoms with van der Waals surface area (Å²) in [6.07, 6.45) is 7.48. The lowest BCUT2D eigenvalue weighted by molar-refractivity contribution is -0.159. The Morgan fingerprint density at radius 1 is 1.16 bits per heavy atom. The first kappa shape index (κ1) is 19.5. The number of carboxylic acid groups (broad SMARTS) is 2. The van der Waals surface area contributed by atoms with Gasteiger partial charge in [0, 0.05) is 32.2 Å². The molecule has 1 aliphatic heterocycles. The molecule has 7 nitrogen and oxygen atoms in total. The summed E-state index contributed by atoms with van der Waals surface area (Å²) < 4.78 is 5.44. The fourth-order valence-electron chi connectivity index (χ4n) is 3.64. The Labute approximate surface area is 148 Å². The van der Waals surface area contributed by atoms with E-state index in [0.29, 0.717) is 0 Å². The second-order valence-corrected chi connectivity index (χ2v) is 6.93. The SMILES string of the molecule is CC1CCCC(N2CCN(Cc3ccco3)CC2)C1.O=C(O)C(=O)O. The van der Waals surface area contributed by atoms with Gasteiger partial charge in [-0.2, -0.15) is 0 Å². The van der Waals surface area contributed by atoms with Gasteiger partial charge >= 0.3 is 11.9 Å². The topological polar surface area (TPSA) is 94.2 Å². The molecular weight excluding hydrogens is 324 g/mol. The molecule has 2 N–H and O–H groups in total. The Bertz CT molecular complexity index is 526. The minimum atomic E-state index is -1.82. The minimum absolute atomic E-state index is 0.856. The second-order valence-electron chi connectivity index (χ2n) is 6.93. The number of hydrogen-bond acceptors (Lipinski definition) is 5. The number of rotatable bonds is 3. The summed E-state index contributed by atoms with van der Waals surface area (Å²) in [5.74, 6) is -1.62. The van der Waals surface area contributed by atoms with Crippen molar-refractivity contribution in [2.24, 2.45) is 5.92 Å². The van der Waals surface area contributed by atoms with Crippen LogP contribution in [0.5, 0.6) is 0 Å². The third kappa shape index (κ3) is 6.51. The Kier molecular flexibility index (Phi) is 7.46. The van der Waals surface area contributed by atoms with Crippen LogP contribution in [0, 0.1) is 5.92 Å². The molecule has 2 unspecified atom stereocenters. The van der Waals surface area contributed by atoms with Gasteiger partial charge in [-0.15, -0.1) is 0 Å². The maximum Gasteiger partial charge on any atom is 0.414 e. The van der Waals surface area contributed by atoms with E-state index < -0.39 is 11.9 Å². The van der Waals surface area contributed by atoms with E-state index in [2.05, 4.69) is 22.8 Å². The van der Waals surface area contributed by atoms with Crippen molar-refractivity contribution < 1.29 is 24.2 Å². The monoisotopic (exact) mass is 352 g/mol. The van der Waals surface area contributed by atoms with Gasteiger partial charge in [-0.3, -0.25) is 9.80 Å². The van der Waals surface area contributed by atoms with Gasteiger partial charge in [-0.05, 0) is 30.9 Å². The van der Waals surface area contributed by atoms with Gasteiger partial charge < -0.3 is 14.6 Å². The highest BCUT2D eigenvalue weighted by molar-refractivity contribution is 6.27. The maximum atomic E-state index is 9.10. The molecule has 0 radical (unpaired) electrons. The summed E-state index contributed by atoms with van der Waals surface area (Å²) in [5, 5.41) is 14.8. The summed E-state index contributed by atoms with van der Waals surface area (Å²) in [6, 6.07) is 4.92. The first-order chi connectivity index (χ1) is 12.0. The van der Waals surface area contributed by atoms with E-state index in [-0.39, 0.29) is 0 Å². The summed E-state index contributed by atoms with van der Waals surface area (Å²) in [4.78, 5) is 23.4. The number of piperazine rings is 1. The number of nitrogens with zero attached hydrogens (tertiary/aromatic N) is 2. The van der Waals surface area contributed by atoms with Crippen LogP contribution < -0.4 is 0 Å². The van der Waals surface area contributed by atoms with Crippen LogP contribution in [0.4, 0.5) is 0 Å². The van der Waals surface area contributed by atoms with E-state index in [4.69, 9.17) is 24.2 Å². The van der Waals surface area contributed by atoms with Crippen LogP contribution in [-0.4, -0.2) is 64.2 Å². The molecule has 0 bridgehead atoms. The molecule has 3 rings (SSSR count). The quantitative estimate of drug-likeness (QED) is 0.805. The lowest BCUT2D eigenvalue weighted by atomic mass is 9.86. The van der Waals surface area contributed by atoms with Crippen molar-refractivity contribution in [1.82, 2.24) is 9.80 Å². The van der Waals surface area contributed by atoms with Crippen LogP contribution in [0.15, 0.2) is 22.8 Å². The average molecular weight is 352 g/mol. The predicted molar refractivity (Wildman–Crippen MR) is 92.2 cm³/mol. The summed E-state index contributed by atoms with van der Waals surface area (Å²) in [7, 11) is 0. The van der Waals surface area contributed by atoms with E-state index in [1.165, 1.54) is 51.9 Å². The van der Waals surface area contributed by atoms with Gasteiger partial charge in [0.25, 0.3) is 0 Å². The number of carboxylic acids is 2. The molecule has 1 saturated heterocycles. The van der Waals surface area contributed by atoms with E-state index >= 15 is 0 Å². The minimum Gasteiger partial charge on any atom is -0.473 e. The van der Waals surface area contributed by atoms with Crippen molar-refractivity contribution >= 4 is 11.9 Å². The van der Waals surface area contributed by atoms with Gasteiger partial charge in [0.05, 0.1) is 12.8 Å². The first-order valence-electron chi connectivity index (χ1n) is 8.90. The van der Waals surface area contributed by atoms with Crippen molar-refractivity contribution in [1.29, 1.82) is 0 Å². The van der Waals surface area contributed by atoms with Gasteiger partial charge in [0.1, 0.15) is 5.76 Å². The summed E-state index contributed by atoms with van der Waals surface area (Å²) in [5.41, 5.74) is 0. The number of carbonyl (C=O) groups is 2. The molecule has 25 heavy (non-hydrogen) atoms. The van der Waals surface area contributed by atoms with E-state index in [1.807, 2.05) is 6.07 Å². The zero-order valence-electron chi connectivity index (χ0n) is 14.8. The van der Waals surface area contributed by atoms with Crippen LogP contribution in [0.25, 0.3) is 0 Å². The highest BCUT2D eigenvalue weighted by Crippen LogP contribution is 2.28. The molecule has 1 aromatic heterocycles. The second kappa shape index (κ2) is 9.58. The Balaban J connectivity index is 0.000000326. The maximum absolute atomic E-state index is 9.10. The largest absolute Gasteiger partial charge is 0.473 e. The van der Waals surface area contributed by atoms with Crippen LogP contribution >= 0.6 is 0 Å². The summed E-state index contributed by atoms with van der Waals surface area (Å²) >= 11 is 0. The fraction of sp³-hybridized carbons (Fsp3) is 0.667. The molecule has 7 heteroatoms. The highest BCUT2D eigenvalue weighted by atomic mass is 16.4. The molecule has 2 fully saturated rings. The third-order valence-electron chi connectivity index (χ3n) is 4.97. The van der Waals surface area contributed by atoms with Gasteiger partial charge in [0.2, 0.25) is 0 Å². The van der Waals surface area contributed by atoms with Crippen molar-refractivity contribution in [2.45, 2.75) is 45.2 Å². The van der Waals surface area contributed by atoms with Crippen LogP contribution in [-0.2, 0) is 16.1 Å². The standard InChI is InChI=1S/C16H26N2O.C2H2O4/c1-14-4-2-5-15(12-14)18-9-7-17(8-10-18)13-16-6-3-11-19-16;3-1(4)2(5)6/h3,6,11,14-15H,2,4-5,7-10,12-13H2,1H3;(H,3,4)(H,5,6). The fourth-order valence-corrected chi connectivity index (χ4v) is 3.64. The lowest BCUT2D eigenvalue weighted by Gasteiger charge is -2.41. The zero-order chi connectivity index (χ0) is 18.2. The molecule has 0 spiro atoms. The molecular formula is C18H28N2O5. The molecule has 140 valence electrons. The molecule has 2 aliphatic rings. The molecule has 2 atom stereocenters. The van der Waals surface area contributed by atoms with Crippen LogP contribution in [0.2, 0.25) is 0 Å². The predicted octanol–water partition coefficient (Wildman–Crippen LogP) is 2.13. The zero-order valence-corrected chi connectivity index (χ0v) is 14.8. The van der Waals surface area contributed by atoms with Gasteiger partial charge in [-0.25, -0.2) is 9.59 Å². The van der Waals surface area contributed by atoms with Crippen LogP contribution in [0.1, 0.15) is 38.4 Å². The number of furan rings is 1. The van der Waals surface area contributed by atoms with Gasteiger partial charge in [-0.1, -0.05) is 19.8 Å². The van der Waals surface area contributed by atoms with E-state index in [0.717, 1.165) is 24.3 Å². The lowest BCUT2D eigenvalue weighted by Crippen LogP contribution is -2.50. The Morgan fingerprint density at radius 3 is 2.36 bits per heavy atom.